The Morgan fingerprint density at radius 2 is 2.31 bits per heavy atom. The third-order valence-electron chi connectivity index (χ3n) is 2.71. The van der Waals surface area contributed by atoms with Crippen LogP contribution in [0, 0.1) is 23.9 Å². The van der Waals surface area contributed by atoms with Gasteiger partial charge >= 0.3 is 0 Å². The average Bonchev–Trinajstić information content (AvgIpc) is 2.21. The Bertz CT molecular complexity index is 415. The fraction of sp³-hybridized carbons (Fsp3) is 0.333. The van der Waals surface area contributed by atoms with Crippen LogP contribution in [0.3, 0.4) is 0 Å². The van der Waals surface area contributed by atoms with Crippen LogP contribution < -0.4 is 4.90 Å². The first-order chi connectivity index (χ1) is 7.61. The van der Waals surface area contributed by atoms with Crippen LogP contribution in [0.15, 0.2) is 22.9 Å². The van der Waals surface area contributed by atoms with Crippen molar-refractivity contribution in [3.05, 3.63) is 40.8 Å². The van der Waals surface area contributed by atoms with E-state index in [1.807, 2.05) is 0 Å². The third-order valence-corrected chi connectivity index (χ3v) is 3.29. The lowest BCUT2D eigenvalue weighted by Crippen LogP contribution is -2.47. The second-order valence-electron chi connectivity index (χ2n) is 3.71. The standard InChI is InChI=1S/C12H11BrFNO/c1-8(16-2)9-6-15(7-9)10-3-4-12(14)11(13)5-10/h5,9H,1,6-7H2,2H3. The minimum absolute atomic E-state index is 0.349. The van der Waals surface area contributed by atoms with Crippen LogP contribution in [0.2, 0.25) is 0 Å². The first kappa shape index (κ1) is 11.3. The van der Waals surface area contributed by atoms with E-state index < -0.39 is 5.82 Å². The SMILES string of the molecule is C=C(OC)C1CN(c2c#cc(F)c(Br)c2)C1. The maximum atomic E-state index is 13.0. The normalized spacial score (nSPS) is 15.3. The Balaban J connectivity index is 2.01. The van der Waals surface area contributed by atoms with E-state index in [1.54, 1.807) is 13.2 Å². The smallest absolute Gasteiger partial charge is 0.187 e. The average molecular weight is 284 g/mol. The van der Waals surface area contributed by atoms with Gasteiger partial charge in [-0.05, 0) is 34.1 Å². The molecule has 0 spiro atoms. The number of ether oxygens (including phenoxy) is 1. The summed E-state index contributed by atoms with van der Waals surface area (Å²) in [6.07, 6.45) is 0. The molecule has 1 aliphatic heterocycles. The maximum Gasteiger partial charge on any atom is 0.187 e. The molecule has 0 saturated carbocycles. The van der Waals surface area contributed by atoms with Crippen molar-refractivity contribution in [2.45, 2.75) is 0 Å². The number of hydrogen-bond donors (Lipinski definition) is 0. The van der Waals surface area contributed by atoms with Gasteiger partial charge in [-0.3, -0.25) is 0 Å². The quantitative estimate of drug-likeness (QED) is 0.791. The summed E-state index contributed by atoms with van der Waals surface area (Å²) in [6.45, 7) is 5.48. The highest BCUT2D eigenvalue weighted by Gasteiger charge is 2.30. The molecule has 0 N–H and O–H groups in total. The molecule has 1 aliphatic rings. The molecule has 0 bridgehead atoms. The lowest BCUT2D eigenvalue weighted by Gasteiger charge is -2.40. The van der Waals surface area contributed by atoms with Crippen molar-refractivity contribution in [3.63, 3.8) is 0 Å². The molecule has 1 saturated heterocycles. The molecule has 1 aromatic rings. The number of halogens is 2. The van der Waals surface area contributed by atoms with Crippen molar-refractivity contribution in [2.24, 2.45) is 5.92 Å². The highest BCUT2D eigenvalue weighted by atomic mass is 79.9. The number of rotatable bonds is 3. The second-order valence-corrected chi connectivity index (χ2v) is 4.57. The molecule has 84 valence electrons. The zero-order valence-corrected chi connectivity index (χ0v) is 10.5. The highest BCUT2D eigenvalue weighted by Crippen LogP contribution is 2.29. The minimum atomic E-state index is -0.415. The molecule has 1 heterocycles. The van der Waals surface area contributed by atoms with E-state index in [1.165, 1.54) is 0 Å². The Hall–Kier alpha value is -1.21. The summed E-state index contributed by atoms with van der Waals surface area (Å²) >= 11 is 3.13. The van der Waals surface area contributed by atoms with E-state index in [4.69, 9.17) is 4.74 Å². The molecule has 0 radical (unpaired) electrons. The van der Waals surface area contributed by atoms with E-state index in [9.17, 15) is 4.39 Å². The van der Waals surface area contributed by atoms with Crippen LogP contribution in [-0.4, -0.2) is 20.2 Å². The summed E-state index contributed by atoms with van der Waals surface area (Å²) in [4.78, 5) is 2.08. The zero-order chi connectivity index (χ0) is 11.7. The van der Waals surface area contributed by atoms with E-state index in [0.29, 0.717) is 10.4 Å². The van der Waals surface area contributed by atoms with E-state index in [-0.39, 0.29) is 0 Å². The van der Waals surface area contributed by atoms with Crippen molar-refractivity contribution < 1.29 is 9.13 Å². The van der Waals surface area contributed by atoms with Gasteiger partial charge in [0.25, 0.3) is 0 Å². The van der Waals surface area contributed by atoms with Crippen LogP contribution in [-0.2, 0) is 4.74 Å². The van der Waals surface area contributed by atoms with Crippen molar-refractivity contribution in [1.29, 1.82) is 0 Å². The highest BCUT2D eigenvalue weighted by molar-refractivity contribution is 9.10. The van der Waals surface area contributed by atoms with Gasteiger partial charge in [0, 0.05) is 13.1 Å². The molecule has 16 heavy (non-hydrogen) atoms. The summed E-state index contributed by atoms with van der Waals surface area (Å²) in [7, 11) is 1.62. The predicted molar refractivity (Wildman–Crippen MR) is 63.6 cm³/mol. The monoisotopic (exact) mass is 283 g/mol. The third kappa shape index (κ3) is 2.00. The number of hydrogen-bond acceptors (Lipinski definition) is 2. The summed E-state index contributed by atoms with van der Waals surface area (Å²) < 4.78 is 18.4. The Kier molecular flexibility index (Phi) is 3.06. The van der Waals surface area contributed by atoms with Gasteiger partial charge in [-0.15, -0.1) is 0 Å². The summed E-state index contributed by atoms with van der Waals surface area (Å²) in [5, 5.41) is 0. The lowest BCUT2D eigenvalue weighted by molar-refractivity contribution is 0.224. The molecule has 2 rings (SSSR count). The van der Waals surface area contributed by atoms with Crippen molar-refractivity contribution in [1.82, 2.24) is 0 Å². The first-order valence-electron chi connectivity index (χ1n) is 4.88. The molecule has 0 aromatic heterocycles. The minimum Gasteiger partial charge on any atom is -0.501 e. The molecule has 1 aromatic carbocycles. The van der Waals surface area contributed by atoms with Gasteiger partial charge in [0.05, 0.1) is 28.9 Å². The summed E-state index contributed by atoms with van der Waals surface area (Å²) in [5.41, 5.74) is 0.841. The largest absolute Gasteiger partial charge is 0.501 e. The first-order valence-corrected chi connectivity index (χ1v) is 5.68. The van der Waals surface area contributed by atoms with Crippen molar-refractivity contribution in [2.75, 3.05) is 25.1 Å². The molecular formula is C12H11BrFNO. The molecule has 1 fully saturated rings. The molecule has 4 heteroatoms. The molecule has 0 unspecified atom stereocenters. The molecule has 0 atom stereocenters. The molecule has 0 aliphatic carbocycles. The number of anilines is 1. The summed E-state index contributed by atoms with van der Waals surface area (Å²) in [5.74, 6) is 0.728. The molecule has 0 amide bonds. The van der Waals surface area contributed by atoms with Gasteiger partial charge in [-0.2, -0.15) is 4.39 Å². The van der Waals surface area contributed by atoms with Gasteiger partial charge in [0.15, 0.2) is 5.82 Å². The zero-order valence-electron chi connectivity index (χ0n) is 8.89. The van der Waals surface area contributed by atoms with Gasteiger partial charge in [-0.1, -0.05) is 6.58 Å². The fourth-order valence-electron chi connectivity index (χ4n) is 1.61. The number of nitrogens with zero attached hydrogens (tertiary/aromatic N) is 1. The van der Waals surface area contributed by atoms with E-state index in [0.717, 1.165) is 24.5 Å². The van der Waals surface area contributed by atoms with Crippen molar-refractivity contribution >= 4 is 21.6 Å². The van der Waals surface area contributed by atoms with Crippen LogP contribution in [0.5, 0.6) is 0 Å². The van der Waals surface area contributed by atoms with Crippen LogP contribution >= 0.6 is 15.9 Å². The Labute approximate surface area is 103 Å². The Morgan fingerprint density at radius 1 is 1.62 bits per heavy atom. The molecular weight excluding hydrogens is 273 g/mol. The van der Waals surface area contributed by atoms with Gasteiger partial charge in [0.2, 0.25) is 0 Å². The Morgan fingerprint density at radius 3 is 2.88 bits per heavy atom. The van der Waals surface area contributed by atoms with E-state index in [2.05, 4.69) is 39.5 Å². The lowest BCUT2D eigenvalue weighted by atomic mass is 9.98. The van der Waals surface area contributed by atoms with Crippen molar-refractivity contribution in [3.8, 4) is 0 Å². The predicted octanol–water partition coefficient (Wildman–Crippen LogP) is 2.78. The second kappa shape index (κ2) is 4.34. The van der Waals surface area contributed by atoms with Crippen LogP contribution in [0.25, 0.3) is 0 Å². The summed E-state index contributed by atoms with van der Waals surface area (Å²) in [6, 6.07) is 6.93. The van der Waals surface area contributed by atoms with Gasteiger partial charge in [-0.25, -0.2) is 0 Å². The fourth-order valence-corrected chi connectivity index (χ4v) is 1.93. The topological polar surface area (TPSA) is 12.5 Å². The van der Waals surface area contributed by atoms with Gasteiger partial charge < -0.3 is 9.64 Å². The van der Waals surface area contributed by atoms with E-state index >= 15 is 0 Å². The van der Waals surface area contributed by atoms with Gasteiger partial charge in [0.1, 0.15) is 0 Å². The maximum absolute atomic E-state index is 13.0. The molecule has 2 nitrogen and oxygen atoms in total. The number of methoxy groups -OCH3 is 1. The van der Waals surface area contributed by atoms with Crippen LogP contribution in [0.1, 0.15) is 0 Å². The van der Waals surface area contributed by atoms with Crippen LogP contribution in [0.4, 0.5) is 10.1 Å².